The molecule has 0 unspecified atom stereocenters. The van der Waals surface area contributed by atoms with Gasteiger partial charge in [-0.15, -0.1) is 0 Å². The maximum atomic E-state index is 12.5. The van der Waals surface area contributed by atoms with Crippen LogP contribution in [0.25, 0.3) is 5.57 Å². The fraction of sp³-hybridized carbons (Fsp3) is 0.407. The first kappa shape index (κ1) is 25.6. The Morgan fingerprint density at radius 1 is 1.06 bits per heavy atom. The zero-order chi connectivity index (χ0) is 24.7. The standard InChI is InChI=1S/C27H32ClNO5/c1-27(2,3)34-26(31)29-16-15-21(22(18-29)25(30)32-4)20-13-11-19(12-14-20)8-7-17-33-24-10-6-5-9-23(24)28/h5-6,9-14H,7-8,15-18H2,1-4H3. The number of carbonyl (C=O) groups excluding carboxylic acids is 2. The summed E-state index contributed by atoms with van der Waals surface area (Å²) in [6.07, 6.45) is 1.84. The number of para-hydroxylation sites is 1. The summed E-state index contributed by atoms with van der Waals surface area (Å²) in [6.45, 7) is 6.68. The number of amides is 1. The quantitative estimate of drug-likeness (QED) is 0.360. The predicted molar refractivity (Wildman–Crippen MR) is 133 cm³/mol. The Bertz CT molecular complexity index is 1040. The van der Waals surface area contributed by atoms with Crippen molar-refractivity contribution in [1.82, 2.24) is 4.90 Å². The summed E-state index contributed by atoms with van der Waals surface area (Å²) in [5.74, 6) is 0.267. The van der Waals surface area contributed by atoms with Crippen LogP contribution in [0.1, 0.15) is 44.7 Å². The Labute approximate surface area is 206 Å². The number of ether oxygens (including phenoxy) is 3. The van der Waals surface area contributed by atoms with E-state index in [2.05, 4.69) is 12.1 Å². The molecule has 0 aliphatic carbocycles. The molecule has 0 saturated carbocycles. The highest BCUT2D eigenvalue weighted by atomic mass is 35.5. The first-order valence-corrected chi connectivity index (χ1v) is 11.8. The number of halogens is 1. The molecule has 3 rings (SSSR count). The minimum atomic E-state index is -0.596. The molecule has 1 amide bonds. The van der Waals surface area contributed by atoms with E-state index in [0.29, 0.717) is 35.9 Å². The van der Waals surface area contributed by atoms with E-state index in [1.807, 2.05) is 57.2 Å². The van der Waals surface area contributed by atoms with E-state index < -0.39 is 17.7 Å². The van der Waals surface area contributed by atoms with Crippen molar-refractivity contribution in [3.8, 4) is 5.75 Å². The van der Waals surface area contributed by atoms with Crippen molar-refractivity contribution in [2.45, 2.75) is 45.6 Å². The van der Waals surface area contributed by atoms with Crippen LogP contribution < -0.4 is 4.74 Å². The van der Waals surface area contributed by atoms with E-state index in [0.717, 1.165) is 24.0 Å². The monoisotopic (exact) mass is 485 g/mol. The van der Waals surface area contributed by atoms with Crippen LogP contribution in [0.2, 0.25) is 5.02 Å². The molecule has 2 aromatic rings. The SMILES string of the molecule is COC(=O)C1=C(c2ccc(CCCOc3ccccc3Cl)cc2)CCN(C(=O)OC(C)(C)C)C1. The van der Waals surface area contributed by atoms with Crippen LogP contribution in [-0.2, 0) is 20.7 Å². The molecule has 34 heavy (non-hydrogen) atoms. The Morgan fingerprint density at radius 2 is 1.76 bits per heavy atom. The lowest BCUT2D eigenvalue weighted by molar-refractivity contribution is -0.136. The average Bonchev–Trinajstić information content (AvgIpc) is 2.81. The highest BCUT2D eigenvalue weighted by Crippen LogP contribution is 2.30. The van der Waals surface area contributed by atoms with Gasteiger partial charge in [-0.2, -0.15) is 0 Å². The van der Waals surface area contributed by atoms with Gasteiger partial charge in [-0.1, -0.05) is 48.0 Å². The van der Waals surface area contributed by atoms with Gasteiger partial charge in [0.25, 0.3) is 0 Å². The third-order valence-corrected chi connectivity index (χ3v) is 5.75. The number of benzene rings is 2. The van der Waals surface area contributed by atoms with Crippen molar-refractivity contribution >= 4 is 29.2 Å². The number of methoxy groups -OCH3 is 1. The van der Waals surface area contributed by atoms with E-state index in [9.17, 15) is 9.59 Å². The molecule has 0 fully saturated rings. The number of carbonyl (C=O) groups is 2. The van der Waals surface area contributed by atoms with Gasteiger partial charge in [-0.3, -0.25) is 0 Å². The van der Waals surface area contributed by atoms with Crippen LogP contribution in [0.3, 0.4) is 0 Å². The molecule has 7 heteroatoms. The van der Waals surface area contributed by atoms with Gasteiger partial charge in [-0.25, -0.2) is 9.59 Å². The maximum Gasteiger partial charge on any atom is 0.410 e. The Morgan fingerprint density at radius 3 is 2.41 bits per heavy atom. The number of hydrogen-bond donors (Lipinski definition) is 0. The lowest BCUT2D eigenvalue weighted by atomic mass is 9.92. The molecule has 0 spiro atoms. The van der Waals surface area contributed by atoms with Crippen molar-refractivity contribution in [3.05, 3.63) is 70.3 Å². The van der Waals surface area contributed by atoms with Crippen LogP contribution in [0.4, 0.5) is 4.79 Å². The van der Waals surface area contributed by atoms with Gasteiger partial charge in [-0.05, 0) is 68.9 Å². The average molecular weight is 486 g/mol. The van der Waals surface area contributed by atoms with Crippen LogP contribution in [0, 0.1) is 0 Å². The zero-order valence-corrected chi connectivity index (χ0v) is 21.0. The molecule has 0 atom stereocenters. The van der Waals surface area contributed by atoms with Crippen molar-refractivity contribution in [2.75, 3.05) is 26.8 Å². The number of rotatable bonds is 7. The Kier molecular flexibility index (Phi) is 8.61. The summed E-state index contributed by atoms with van der Waals surface area (Å²) in [7, 11) is 1.35. The van der Waals surface area contributed by atoms with E-state index in [1.165, 1.54) is 12.7 Å². The Hall–Kier alpha value is -2.99. The molecule has 2 aromatic carbocycles. The van der Waals surface area contributed by atoms with E-state index in [1.54, 1.807) is 4.90 Å². The second-order valence-electron chi connectivity index (χ2n) is 9.18. The summed E-state index contributed by atoms with van der Waals surface area (Å²) in [5.41, 5.74) is 2.93. The van der Waals surface area contributed by atoms with E-state index >= 15 is 0 Å². The number of esters is 1. The molecule has 0 bridgehead atoms. The molecular formula is C27H32ClNO5. The van der Waals surface area contributed by atoms with Gasteiger partial charge in [0.15, 0.2) is 0 Å². The van der Waals surface area contributed by atoms with Gasteiger partial charge >= 0.3 is 12.1 Å². The van der Waals surface area contributed by atoms with E-state index in [-0.39, 0.29) is 6.54 Å². The Balaban J connectivity index is 1.64. The second-order valence-corrected chi connectivity index (χ2v) is 9.59. The number of nitrogens with zero attached hydrogens (tertiary/aromatic N) is 1. The van der Waals surface area contributed by atoms with Gasteiger partial charge in [0.05, 0.1) is 30.9 Å². The van der Waals surface area contributed by atoms with Crippen molar-refractivity contribution in [2.24, 2.45) is 0 Å². The largest absolute Gasteiger partial charge is 0.492 e. The molecule has 182 valence electrons. The van der Waals surface area contributed by atoms with Crippen molar-refractivity contribution in [3.63, 3.8) is 0 Å². The van der Waals surface area contributed by atoms with Crippen molar-refractivity contribution < 1.29 is 23.8 Å². The van der Waals surface area contributed by atoms with Crippen LogP contribution >= 0.6 is 11.6 Å². The summed E-state index contributed by atoms with van der Waals surface area (Å²) in [5, 5.41) is 0.610. The normalized spacial score (nSPS) is 14.1. The number of aryl methyl sites for hydroxylation is 1. The highest BCUT2D eigenvalue weighted by molar-refractivity contribution is 6.32. The third-order valence-electron chi connectivity index (χ3n) is 5.43. The fourth-order valence-corrected chi connectivity index (χ4v) is 3.96. The van der Waals surface area contributed by atoms with Gasteiger partial charge in [0, 0.05) is 6.54 Å². The lowest BCUT2D eigenvalue weighted by Crippen LogP contribution is -2.41. The van der Waals surface area contributed by atoms with E-state index in [4.69, 9.17) is 25.8 Å². The summed E-state index contributed by atoms with van der Waals surface area (Å²) >= 11 is 6.12. The summed E-state index contributed by atoms with van der Waals surface area (Å²) in [4.78, 5) is 26.6. The van der Waals surface area contributed by atoms with Crippen LogP contribution in [-0.4, -0.2) is 49.4 Å². The zero-order valence-electron chi connectivity index (χ0n) is 20.2. The first-order valence-electron chi connectivity index (χ1n) is 11.4. The fourth-order valence-electron chi connectivity index (χ4n) is 3.77. The third kappa shape index (κ3) is 7.00. The minimum Gasteiger partial charge on any atom is -0.492 e. The minimum absolute atomic E-state index is 0.165. The van der Waals surface area contributed by atoms with Crippen LogP contribution in [0.5, 0.6) is 5.75 Å². The predicted octanol–water partition coefficient (Wildman–Crippen LogP) is 5.92. The molecule has 1 aliphatic heterocycles. The maximum absolute atomic E-state index is 12.5. The molecule has 6 nitrogen and oxygen atoms in total. The highest BCUT2D eigenvalue weighted by Gasteiger charge is 2.30. The summed E-state index contributed by atoms with van der Waals surface area (Å²) in [6, 6.07) is 15.6. The smallest absolute Gasteiger partial charge is 0.410 e. The lowest BCUT2D eigenvalue weighted by Gasteiger charge is -2.32. The number of hydrogen-bond acceptors (Lipinski definition) is 5. The molecule has 0 aromatic heterocycles. The molecule has 0 N–H and O–H groups in total. The molecule has 0 radical (unpaired) electrons. The van der Waals surface area contributed by atoms with Crippen molar-refractivity contribution in [1.29, 1.82) is 0 Å². The topological polar surface area (TPSA) is 65.1 Å². The van der Waals surface area contributed by atoms with Gasteiger partial charge < -0.3 is 19.1 Å². The van der Waals surface area contributed by atoms with Gasteiger partial charge in [0.2, 0.25) is 0 Å². The molecule has 1 aliphatic rings. The van der Waals surface area contributed by atoms with Gasteiger partial charge in [0.1, 0.15) is 11.4 Å². The van der Waals surface area contributed by atoms with Crippen LogP contribution in [0.15, 0.2) is 54.1 Å². The summed E-state index contributed by atoms with van der Waals surface area (Å²) < 4.78 is 16.2. The molecule has 1 heterocycles. The second kappa shape index (κ2) is 11.4. The molecular weight excluding hydrogens is 454 g/mol. The molecule has 0 saturated heterocycles. The first-order chi connectivity index (χ1) is 16.2.